The van der Waals surface area contributed by atoms with Crippen LogP contribution in [0.25, 0.3) is 0 Å². The largest absolute Gasteiger partial charge is 0.491 e. The maximum Gasteiger partial charge on any atom is 0.124 e. The van der Waals surface area contributed by atoms with E-state index in [1.807, 2.05) is 6.07 Å². The summed E-state index contributed by atoms with van der Waals surface area (Å²) in [6, 6.07) is 8.35. The van der Waals surface area contributed by atoms with Crippen molar-refractivity contribution in [3.8, 4) is 5.75 Å². The number of hydrogen-bond acceptors (Lipinski definition) is 2. The number of nitrogens with one attached hydrogen (secondary N) is 1. The lowest BCUT2D eigenvalue weighted by molar-refractivity contribution is 0.239. The van der Waals surface area contributed by atoms with Gasteiger partial charge in [0.1, 0.15) is 5.75 Å². The Hall–Kier alpha value is -1.02. The van der Waals surface area contributed by atoms with Crippen LogP contribution >= 0.6 is 0 Å². The summed E-state index contributed by atoms with van der Waals surface area (Å²) < 4.78 is 5.85. The average Bonchev–Trinajstić information content (AvgIpc) is 2.77. The van der Waals surface area contributed by atoms with Crippen LogP contribution in [0.2, 0.25) is 0 Å². The van der Waals surface area contributed by atoms with Crippen molar-refractivity contribution in [2.45, 2.75) is 52.7 Å². The molecule has 1 aromatic carbocycles. The second kappa shape index (κ2) is 6.95. The zero-order valence-corrected chi connectivity index (χ0v) is 12.5. The molecule has 0 saturated heterocycles. The molecule has 0 amide bonds. The minimum atomic E-state index is 0.232. The predicted octanol–water partition coefficient (Wildman–Crippen LogP) is 4.00. The summed E-state index contributed by atoms with van der Waals surface area (Å²) >= 11 is 0. The Balaban J connectivity index is 1.85. The smallest absolute Gasteiger partial charge is 0.124 e. The first-order valence-corrected chi connectivity index (χ1v) is 7.62. The zero-order valence-electron chi connectivity index (χ0n) is 12.5. The van der Waals surface area contributed by atoms with E-state index >= 15 is 0 Å². The van der Waals surface area contributed by atoms with E-state index in [0.29, 0.717) is 0 Å². The van der Waals surface area contributed by atoms with E-state index in [-0.39, 0.29) is 6.10 Å². The van der Waals surface area contributed by atoms with Gasteiger partial charge in [-0.2, -0.15) is 0 Å². The van der Waals surface area contributed by atoms with Crippen molar-refractivity contribution in [2.24, 2.45) is 11.8 Å². The molecule has 1 aromatic rings. The third kappa shape index (κ3) is 4.24. The van der Waals surface area contributed by atoms with Gasteiger partial charge in [0, 0.05) is 12.1 Å². The quantitative estimate of drug-likeness (QED) is 0.835. The summed E-state index contributed by atoms with van der Waals surface area (Å²) in [7, 11) is 0. The normalized spacial score (nSPS) is 22.9. The minimum Gasteiger partial charge on any atom is -0.491 e. The van der Waals surface area contributed by atoms with E-state index in [2.05, 4.69) is 44.3 Å². The van der Waals surface area contributed by atoms with Crippen LogP contribution in [0.4, 0.5) is 0 Å². The Morgan fingerprint density at radius 1 is 1.26 bits per heavy atom. The van der Waals surface area contributed by atoms with Gasteiger partial charge in [-0.25, -0.2) is 0 Å². The highest BCUT2D eigenvalue weighted by Gasteiger charge is 2.22. The van der Waals surface area contributed by atoms with Crippen molar-refractivity contribution >= 4 is 0 Å². The average molecular weight is 261 g/mol. The molecule has 2 heteroatoms. The van der Waals surface area contributed by atoms with Gasteiger partial charge in [-0.1, -0.05) is 38.0 Å². The molecule has 2 nitrogen and oxygen atoms in total. The van der Waals surface area contributed by atoms with Crippen LogP contribution in [0.1, 0.15) is 45.6 Å². The van der Waals surface area contributed by atoms with E-state index < -0.39 is 0 Å². The lowest BCUT2D eigenvalue weighted by atomic mass is 9.98. The molecule has 0 bridgehead atoms. The van der Waals surface area contributed by atoms with Crippen LogP contribution in [-0.4, -0.2) is 12.6 Å². The van der Waals surface area contributed by atoms with E-state index in [0.717, 1.165) is 30.7 Å². The SMILES string of the molecule is CC(C)Oc1ccccc1CNCC1CCCC1C. The number of benzene rings is 1. The summed E-state index contributed by atoms with van der Waals surface area (Å²) in [6.07, 6.45) is 4.43. The van der Waals surface area contributed by atoms with Crippen molar-refractivity contribution in [3.05, 3.63) is 29.8 Å². The van der Waals surface area contributed by atoms with Gasteiger partial charge < -0.3 is 10.1 Å². The van der Waals surface area contributed by atoms with Gasteiger partial charge in [-0.05, 0) is 44.7 Å². The molecule has 0 aliphatic heterocycles. The molecule has 2 rings (SSSR count). The third-order valence-electron chi connectivity index (χ3n) is 4.10. The topological polar surface area (TPSA) is 21.3 Å². The molecule has 2 unspecified atom stereocenters. The van der Waals surface area contributed by atoms with Crippen LogP contribution in [0.5, 0.6) is 5.75 Å². The second-order valence-corrected chi connectivity index (χ2v) is 6.07. The number of ether oxygens (including phenoxy) is 1. The Labute approximate surface area is 117 Å². The molecule has 0 heterocycles. The maximum absolute atomic E-state index is 5.85. The van der Waals surface area contributed by atoms with Crippen molar-refractivity contribution in [2.75, 3.05) is 6.54 Å². The number of rotatable bonds is 6. The number of para-hydroxylation sites is 1. The van der Waals surface area contributed by atoms with Gasteiger partial charge >= 0.3 is 0 Å². The predicted molar refractivity (Wildman–Crippen MR) is 80.4 cm³/mol. The molecule has 1 fully saturated rings. The van der Waals surface area contributed by atoms with E-state index in [9.17, 15) is 0 Å². The summed E-state index contributed by atoms with van der Waals surface area (Å²) in [6.45, 7) is 8.58. The molecule has 19 heavy (non-hydrogen) atoms. The van der Waals surface area contributed by atoms with Crippen LogP contribution < -0.4 is 10.1 Å². The number of hydrogen-bond donors (Lipinski definition) is 1. The fourth-order valence-corrected chi connectivity index (χ4v) is 2.94. The molecule has 1 saturated carbocycles. The van der Waals surface area contributed by atoms with Gasteiger partial charge in [0.15, 0.2) is 0 Å². The Morgan fingerprint density at radius 3 is 2.74 bits per heavy atom. The Kier molecular flexibility index (Phi) is 5.26. The van der Waals surface area contributed by atoms with E-state index in [1.54, 1.807) is 0 Å². The molecule has 1 aliphatic rings. The van der Waals surface area contributed by atoms with Crippen molar-refractivity contribution < 1.29 is 4.74 Å². The lowest BCUT2D eigenvalue weighted by Gasteiger charge is -2.18. The van der Waals surface area contributed by atoms with Crippen LogP contribution in [0.15, 0.2) is 24.3 Å². The molecule has 106 valence electrons. The van der Waals surface area contributed by atoms with Gasteiger partial charge in [-0.3, -0.25) is 0 Å². The standard InChI is InChI=1S/C17H27NO/c1-13(2)19-17-10-5-4-8-16(17)12-18-11-15-9-6-7-14(15)3/h4-5,8,10,13-15,18H,6-7,9,11-12H2,1-3H3. The first kappa shape index (κ1) is 14.4. The van der Waals surface area contributed by atoms with Crippen LogP contribution in [0, 0.1) is 11.8 Å². The lowest BCUT2D eigenvalue weighted by Crippen LogP contribution is -2.24. The monoisotopic (exact) mass is 261 g/mol. The van der Waals surface area contributed by atoms with Gasteiger partial charge in [-0.15, -0.1) is 0 Å². The zero-order chi connectivity index (χ0) is 13.7. The fourth-order valence-electron chi connectivity index (χ4n) is 2.94. The van der Waals surface area contributed by atoms with Gasteiger partial charge in [0.25, 0.3) is 0 Å². The molecular formula is C17H27NO. The first-order chi connectivity index (χ1) is 9.16. The molecule has 0 radical (unpaired) electrons. The highest BCUT2D eigenvalue weighted by atomic mass is 16.5. The molecule has 0 aromatic heterocycles. The first-order valence-electron chi connectivity index (χ1n) is 7.62. The van der Waals surface area contributed by atoms with Crippen LogP contribution in [0.3, 0.4) is 0 Å². The molecule has 1 aliphatic carbocycles. The van der Waals surface area contributed by atoms with Gasteiger partial charge in [0.05, 0.1) is 6.10 Å². The molecule has 2 atom stereocenters. The van der Waals surface area contributed by atoms with E-state index in [1.165, 1.54) is 24.8 Å². The third-order valence-corrected chi connectivity index (χ3v) is 4.10. The minimum absolute atomic E-state index is 0.232. The molecule has 0 spiro atoms. The summed E-state index contributed by atoms with van der Waals surface area (Å²) in [5, 5.41) is 3.61. The second-order valence-electron chi connectivity index (χ2n) is 6.07. The molecular weight excluding hydrogens is 234 g/mol. The summed E-state index contributed by atoms with van der Waals surface area (Å²) in [4.78, 5) is 0. The fraction of sp³-hybridized carbons (Fsp3) is 0.647. The van der Waals surface area contributed by atoms with Gasteiger partial charge in [0.2, 0.25) is 0 Å². The van der Waals surface area contributed by atoms with Crippen molar-refractivity contribution in [1.29, 1.82) is 0 Å². The Bertz CT molecular complexity index is 389. The maximum atomic E-state index is 5.85. The van der Waals surface area contributed by atoms with Crippen LogP contribution in [-0.2, 0) is 6.54 Å². The highest BCUT2D eigenvalue weighted by molar-refractivity contribution is 5.33. The van der Waals surface area contributed by atoms with E-state index in [4.69, 9.17) is 4.74 Å². The summed E-state index contributed by atoms with van der Waals surface area (Å²) in [5.74, 6) is 2.76. The van der Waals surface area contributed by atoms with Crippen molar-refractivity contribution in [1.82, 2.24) is 5.32 Å². The Morgan fingerprint density at radius 2 is 2.05 bits per heavy atom. The molecule has 1 N–H and O–H groups in total. The summed E-state index contributed by atoms with van der Waals surface area (Å²) in [5.41, 5.74) is 1.27. The van der Waals surface area contributed by atoms with Crippen molar-refractivity contribution in [3.63, 3.8) is 0 Å². The highest BCUT2D eigenvalue weighted by Crippen LogP contribution is 2.30.